The Morgan fingerprint density at radius 1 is 0.923 bits per heavy atom. The first-order valence-electron chi connectivity index (χ1n) is 15.4. The molecule has 0 amide bonds. The number of carbonyl (C=O) groups is 1. The van der Waals surface area contributed by atoms with Gasteiger partial charge in [-0.1, -0.05) is 56.5 Å². The highest BCUT2D eigenvalue weighted by Crippen LogP contribution is 2.44. The van der Waals surface area contributed by atoms with Gasteiger partial charge in [-0.3, -0.25) is 9.69 Å². The van der Waals surface area contributed by atoms with E-state index < -0.39 is 5.97 Å². The van der Waals surface area contributed by atoms with E-state index in [4.69, 9.17) is 0 Å². The molecule has 1 aromatic carbocycles. The molecule has 0 bridgehead atoms. The lowest BCUT2D eigenvalue weighted by Crippen LogP contribution is -2.47. The molecule has 3 unspecified atom stereocenters. The number of aliphatic carboxylic acids is 1. The van der Waals surface area contributed by atoms with E-state index in [2.05, 4.69) is 61.9 Å². The Hall–Kier alpha value is -2.51. The molecule has 2 saturated carbocycles. The summed E-state index contributed by atoms with van der Waals surface area (Å²) >= 11 is 0. The van der Waals surface area contributed by atoms with Crippen LogP contribution in [0.5, 0.6) is 0 Å². The number of anilines is 1. The number of nitrogens with zero attached hydrogens (tertiary/aromatic N) is 5. The Kier molecular flexibility index (Phi) is 9.86. The quantitative estimate of drug-likeness (QED) is 0.412. The Morgan fingerprint density at radius 2 is 1.64 bits per heavy atom. The van der Waals surface area contributed by atoms with Gasteiger partial charge in [0.25, 0.3) is 0 Å². The number of carboxylic acid groups (broad SMARTS) is 1. The normalized spacial score (nSPS) is 25.2. The number of benzene rings is 1. The highest BCUT2D eigenvalue weighted by Gasteiger charge is 2.41. The maximum Gasteiger partial charge on any atom is 0.317 e. The fraction of sp³-hybridized carbons (Fsp3) is 0.656. The fourth-order valence-corrected chi connectivity index (χ4v) is 7.67. The van der Waals surface area contributed by atoms with Gasteiger partial charge in [-0.15, -0.1) is 0 Å². The van der Waals surface area contributed by atoms with Crippen LogP contribution in [-0.2, 0) is 4.79 Å². The molecule has 7 nitrogen and oxygen atoms in total. The predicted molar refractivity (Wildman–Crippen MR) is 156 cm³/mol. The summed E-state index contributed by atoms with van der Waals surface area (Å²) < 4.78 is 0. The van der Waals surface area contributed by atoms with Gasteiger partial charge in [-0.2, -0.15) is 0 Å². The summed E-state index contributed by atoms with van der Waals surface area (Å²) in [4.78, 5) is 28.5. The molecular weight excluding hydrogens is 486 g/mol. The molecule has 39 heavy (non-hydrogen) atoms. The lowest BCUT2D eigenvalue weighted by Gasteiger charge is -2.40. The predicted octanol–water partition coefficient (Wildman–Crippen LogP) is 5.44. The molecule has 2 heterocycles. The van der Waals surface area contributed by atoms with E-state index >= 15 is 0 Å². The third-order valence-corrected chi connectivity index (χ3v) is 9.49. The molecule has 2 aliphatic carbocycles. The summed E-state index contributed by atoms with van der Waals surface area (Å²) in [6, 6.07) is 14.2. The number of rotatable bonds is 11. The summed E-state index contributed by atoms with van der Waals surface area (Å²) in [6.45, 7) is 6.71. The SMILES string of the molecule is CCCN(c1ncccn1)C1CCN(CC2CC(N(CC(=O)O)C3CCCCC3)CC2c2ccccc2)CC1. The molecular formula is C32H47N5O2. The van der Waals surface area contributed by atoms with E-state index in [9.17, 15) is 9.90 Å². The van der Waals surface area contributed by atoms with Crippen LogP contribution in [0, 0.1) is 5.92 Å². The van der Waals surface area contributed by atoms with Gasteiger partial charge in [0.2, 0.25) is 5.95 Å². The van der Waals surface area contributed by atoms with E-state index in [1.54, 1.807) is 0 Å². The van der Waals surface area contributed by atoms with Crippen LogP contribution in [0.1, 0.15) is 82.6 Å². The van der Waals surface area contributed by atoms with Crippen molar-refractivity contribution in [1.29, 1.82) is 0 Å². The molecule has 7 heteroatoms. The highest BCUT2D eigenvalue weighted by atomic mass is 16.4. The average Bonchev–Trinajstić information content (AvgIpc) is 3.40. The van der Waals surface area contributed by atoms with Crippen molar-refractivity contribution in [1.82, 2.24) is 19.8 Å². The smallest absolute Gasteiger partial charge is 0.317 e. The van der Waals surface area contributed by atoms with Gasteiger partial charge in [0, 0.05) is 56.7 Å². The van der Waals surface area contributed by atoms with E-state index in [-0.39, 0.29) is 6.54 Å². The minimum Gasteiger partial charge on any atom is -0.480 e. The third kappa shape index (κ3) is 7.17. The molecule has 1 saturated heterocycles. The second-order valence-corrected chi connectivity index (χ2v) is 12.0. The molecule has 3 aliphatic rings. The van der Waals surface area contributed by atoms with Crippen molar-refractivity contribution in [2.24, 2.45) is 5.92 Å². The second-order valence-electron chi connectivity index (χ2n) is 12.0. The number of carboxylic acids is 1. The number of hydrogen-bond donors (Lipinski definition) is 1. The van der Waals surface area contributed by atoms with Crippen molar-refractivity contribution in [3.05, 3.63) is 54.4 Å². The third-order valence-electron chi connectivity index (χ3n) is 9.49. The summed E-state index contributed by atoms with van der Waals surface area (Å²) in [5.74, 6) is 1.23. The number of piperidine rings is 1. The van der Waals surface area contributed by atoms with Crippen molar-refractivity contribution >= 4 is 11.9 Å². The van der Waals surface area contributed by atoms with Gasteiger partial charge in [-0.25, -0.2) is 9.97 Å². The van der Waals surface area contributed by atoms with E-state index in [0.29, 0.717) is 30.0 Å². The second kappa shape index (κ2) is 13.7. The Bertz CT molecular complexity index is 1010. The number of aromatic nitrogens is 2. The Balaban J connectivity index is 1.26. The highest BCUT2D eigenvalue weighted by molar-refractivity contribution is 5.69. The molecule has 1 N–H and O–H groups in total. The lowest BCUT2D eigenvalue weighted by molar-refractivity contribution is -0.140. The first-order valence-corrected chi connectivity index (χ1v) is 15.4. The zero-order chi connectivity index (χ0) is 27.0. The molecule has 5 rings (SSSR count). The summed E-state index contributed by atoms with van der Waals surface area (Å²) in [5, 5.41) is 9.81. The lowest BCUT2D eigenvalue weighted by atomic mass is 9.88. The average molecular weight is 534 g/mol. The first kappa shape index (κ1) is 28.0. The van der Waals surface area contributed by atoms with Crippen molar-refractivity contribution in [2.75, 3.05) is 37.6 Å². The van der Waals surface area contributed by atoms with Crippen molar-refractivity contribution < 1.29 is 9.90 Å². The zero-order valence-corrected chi connectivity index (χ0v) is 23.7. The largest absolute Gasteiger partial charge is 0.480 e. The maximum atomic E-state index is 11.9. The zero-order valence-electron chi connectivity index (χ0n) is 23.7. The standard InChI is InChI=1S/C32H47N5O2/c1-2-18-36(32-33-16-9-17-34-32)28-14-19-35(20-15-28)23-26-21-29(22-30(26)25-10-5-3-6-11-25)37(24-31(38)39)27-12-7-4-8-13-27/h3,5-6,9-11,16-17,26-30H,2,4,7-8,12-15,18-24H2,1H3,(H,38,39). The van der Waals surface area contributed by atoms with Crippen molar-refractivity contribution in [3.63, 3.8) is 0 Å². The van der Waals surface area contributed by atoms with Crippen LogP contribution in [0.15, 0.2) is 48.8 Å². The minimum absolute atomic E-state index is 0.184. The molecule has 1 aliphatic heterocycles. The van der Waals surface area contributed by atoms with E-state index in [1.165, 1.54) is 24.8 Å². The fourth-order valence-electron chi connectivity index (χ4n) is 7.67. The summed E-state index contributed by atoms with van der Waals surface area (Å²) in [6.07, 6.45) is 15.3. The van der Waals surface area contributed by atoms with Gasteiger partial charge < -0.3 is 14.9 Å². The van der Waals surface area contributed by atoms with Crippen LogP contribution in [0.2, 0.25) is 0 Å². The van der Waals surface area contributed by atoms with Crippen LogP contribution in [0.4, 0.5) is 5.95 Å². The first-order chi connectivity index (χ1) is 19.1. The van der Waals surface area contributed by atoms with Crippen LogP contribution in [-0.4, -0.2) is 81.7 Å². The number of likely N-dealkylation sites (tertiary alicyclic amines) is 1. The van der Waals surface area contributed by atoms with Crippen LogP contribution >= 0.6 is 0 Å². The van der Waals surface area contributed by atoms with Crippen molar-refractivity contribution in [3.8, 4) is 0 Å². The molecule has 3 atom stereocenters. The molecule has 0 radical (unpaired) electrons. The Labute approximate surface area is 234 Å². The molecule has 3 fully saturated rings. The molecule has 212 valence electrons. The van der Waals surface area contributed by atoms with Gasteiger partial charge >= 0.3 is 5.97 Å². The van der Waals surface area contributed by atoms with E-state index in [0.717, 1.165) is 77.1 Å². The van der Waals surface area contributed by atoms with E-state index in [1.807, 2.05) is 18.5 Å². The summed E-state index contributed by atoms with van der Waals surface area (Å²) in [7, 11) is 0. The van der Waals surface area contributed by atoms with Gasteiger partial charge in [0.1, 0.15) is 0 Å². The van der Waals surface area contributed by atoms with Gasteiger partial charge in [-0.05, 0) is 68.4 Å². The van der Waals surface area contributed by atoms with Gasteiger partial charge in [0.05, 0.1) is 6.54 Å². The molecule has 0 spiro atoms. The molecule has 2 aromatic rings. The minimum atomic E-state index is -0.679. The monoisotopic (exact) mass is 533 g/mol. The topological polar surface area (TPSA) is 72.8 Å². The maximum absolute atomic E-state index is 11.9. The van der Waals surface area contributed by atoms with Gasteiger partial charge in [0.15, 0.2) is 0 Å². The van der Waals surface area contributed by atoms with Crippen molar-refractivity contribution in [2.45, 2.75) is 95.2 Å². The number of hydrogen-bond acceptors (Lipinski definition) is 6. The summed E-state index contributed by atoms with van der Waals surface area (Å²) in [5.41, 5.74) is 1.43. The molecule has 1 aromatic heterocycles. The van der Waals surface area contributed by atoms with Crippen LogP contribution in [0.25, 0.3) is 0 Å². The van der Waals surface area contributed by atoms with Crippen LogP contribution in [0.3, 0.4) is 0 Å². The Morgan fingerprint density at radius 3 is 2.31 bits per heavy atom. The van der Waals surface area contributed by atoms with Crippen LogP contribution < -0.4 is 4.90 Å².